The van der Waals surface area contributed by atoms with E-state index in [4.69, 9.17) is 5.73 Å². The van der Waals surface area contributed by atoms with E-state index in [0.29, 0.717) is 12.4 Å². The summed E-state index contributed by atoms with van der Waals surface area (Å²) in [6.07, 6.45) is 7.29. The number of hydrogen-bond acceptors (Lipinski definition) is 3. The molecule has 0 amide bonds. The molecule has 2 aromatic heterocycles. The molecule has 0 aromatic carbocycles. The van der Waals surface area contributed by atoms with Crippen molar-refractivity contribution in [1.29, 1.82) is 0 Å². The zero-order valence-corrected chi connectivity index (χ0v) is 12.5. The van der Waals surface area contributed by atoms with Gasteiger partial charge in [0.25, 0.3) is 0 Å². The van der Waals surface area contributed by atoms with Crippen LogP contribution in [-0.2, 0) is 13.0 Å². The number of nitrogens with zero attached hydrogens (tertiary/aromatic N) is 3. The van der Waals surface area contributed by atoms with Crippen LogP contribution in [0.2, 0.25) is 0 Å². The Morgan fingerprint density at radius 1 is 1.47 bits per heavy atom. The number of imidazole rings is 1. The molecule has 2 heterocycles. The number of nitrogen functional groups attached to an aromatic ring is 1. The summed E-state index contributed by atoms with van der Waals surface area (Å²) in [5.41, 5.74) is 7.93. The lowest BCUT2D eigenvalue weighted by atomic mass is 10.2. The Hall–Kier alpha value is -1.62. The first-order valence-corrected chi connectivity index (χ1v) is 7.03. The third-order valence-electron chi connectivity index (χ3n) is 2.85. The molecule has 0 saturated carbocycles. The second kappa shape index (κ2) is 6.02. The highest BCUT2D eigenvalue weighted by Crippen LogP contribution is 2.28. The first-order valence-electron chi connectivity index (χ1n) is 6.24. The Balaban J connectivity index is 2.51. The van der Waals surface area contributed by atoms with E-state index >= 15 is 0 Å². The second-order valence-electron chi connectivity index (χ2n) is 4.30. The molecule has 0 radical (unpaired) electrons. The molecule has 2 N–H and O–H groups in total. The average Bonchev–Trinajstić information content (AvgIpc) is 2.69. The van der Waals surface area contributed by atoms with E-state index in [0.717, 1.165) is 34.4 Å². The van der Waals surface area contributed by atoms with Crippen molar-refractivity contribution in [1.82, 2.24) is 14.5 Å². The van der Waals surface area contributed by atoms with E-state index in [1.54, 1.807) is 12.4 Å². The molecule has 0 atom stereocenters. The van der Waals surface area contributed by atoms with Crippen LogP contribution in [0.4, 0.5) is 5.82 Å². The van der Waals surface area contributed by atoms with Gasteiger partial charge in [0.15, 0.2) is 0 Å². The Morgan fingerprint density at radius 2 is 2.26 bits per heavy atom. The molecule has 0 aliphatic carbocycles. The van der Waals surface area contributed by atoms with Crippen molar-refractivity contribution in [2.45, 2.75) is 26.3 Å². The van der Waals surface area contributed by atoms with E-state index in [9.17, 15) is 0 Å². The molecule has 100 valence electrons. The smallest absolute Gasteiger partial charge is 0.132 e. The fourth-order valence-corrected chi connectivity index (χ4v) is 2.38. The monoisotopic (exact) mass is 320 g/mol. The predicted molar refractivity (Wildman–Crippen MR) is 81.8 cm³/mol. The number of nitrogens with two attached hydrogens (primary N) is 1. The molecule has 0 saturated heterocycles. The topological polar surface area (TPSA) is 56.7 Å². The zero-order chi connectivity index (χ0) is 13.8. The number of anilines is 1. The molecule has 4 nitrogen and oxygen atoms in total. The number of pyridine rings is 1. The van der Waals surface area contributed by atoms with Crippen LogP contribution in [0.5, 0.6) is 0 Å². The third-order valence-corrected chi connectivity index (χ3v) is 3.28. The molecule has 0 fully saturated rings. The van der Waals surface area contributed by atoms with Crippen molar-refractivity contribution < 1.29 is 0 Å². The molecule has 2 aromatic rings. The molecular formula is C14H17BrN4. The van der Waals surface area contributed by atoms with Crippen LogP contribution in [-0.4, -0.2) is 14.5 Å². The first kappa shape index (κ1) is 13.8. The minimum atomic E-state index is 0.670. The molecule has 0 aliphatic rings. The maximum absolute atomic E-state index is 6.21. The summed E-state index contributed by atoms with van der Waals surface area (Å²) in [5, 5.41) is 0. The summed E-state index contributed by atoms with van der Waals surface area (Å²) in [6, 6.07) is 1.97. The normalized spacial score (nSPS) is 10.6. The van der Waals surface area contributed by atoms with Crippen LogP contribution >= 0.6 is 15.9 Å². The lowest BCUT2D eigenvalue weighted by Gasteiger charge is -2.05. The molecule has 0 unspecified atom stereocenters. The van der Waals surface area contributed by atoms with E-state index in [1.165, 1.54) is 0 Å². The van der Waals surface area contributed by atoms with Gasteiger partial charge in [-0.1, -0.05) is 13.0 Å². The summed E-state index contributed by atoms with van der Waals surface area (Å²) in [4.78, 5) is 8.82. The van der Waals surface area contributed by atoms with Gasteiger partial charge in [0.1, 0.15) is 17.3 Å². The van der Waals surface area contributed by atoms with Gasteiger partial charge < -0.3 is 10.3 Å². The lowest BCUT2D eigenvalue weighted by molar-refractivity contribution is 0.724. The summed E-state index contributed by atoms with van der Waals surface area (Å²) < 4.78 is 2.92. The quantitative estimate of drug-likeness (QED) is 0.859. The summed E-state index contributed by atoms with van der Waals surface area (Å²) in [6.45, 7) is 6.58. The fourth-order valence-electron chi connectivity index (χ4n) is 2.01. The maximum Gasteiger partial charge on any atom is 0.132 e. The standard InChI is InChI=1S/C14H17BrN4/c1-3-5-12-18-13(14(16)19(12)6-4-2)10-7-11(15)9-17-8-10/h4,7-9H,2-3,5-6,16H2,1H3. The number of aryl methyl sites for hydroxylation is 1. The molecule has 0 spiro atoms. The summed E-state index contributed by atoms with van der Waals surface area (Å²) >= 11 is 3.42. The average molecular weight is 321 g/mol. The van der Waals surface area contributed by atoms with Gasteiger partial charge in [-0.15, -0.1) is 6.58 Å². The van der Waals surface area contributed by atoms with Crippen molar-refractivity contribution in [3.8, 4) is 11.3 Å². The number of hydrogen-bond donors (Lipinski definition) is 1. The Labute approximate surface area is 121 Å². The fraction of sp³-hybridized carbons (Fsp3) is 0.286. The lowest BCUT2D eigenvalue weighted by Crippen LogP contribution is -2.05. The van der Waals surface area contributed by atoms with Gasteiger partial charge in [-0.2, -0.15) is 0 Å². The van der Waals surface area contributed by atoms with Gasteiger partial charge in [-0.3, -0.25) is 4.98 Å². The number of aromatic nitrogens is 3. The highest BCUT2D eigenvalue weighted by atomic mass is 79.9. The molecule has 0 bridgehead atoms. The third kappa shape index (κ3) is 2.87. The molecular weight excluding hydrogens is 304 g/mol. The van der Waals surface area contributed by atoms with Crippen LogP contribution in [0, 0.1) is 0 Å². The van der Waals surface area contributed by atoms with E-state index in [2.05, 4.69) is 39.4 Å². The predicted octanol–water partition coefficient (Wildman–Crippen LogP) is 3.43. The second-order valence-corrected chi connectivity index (χ2v) is 5.22. The van der Waals surface area contributed by atoms with Crippen LogP contribution < -0.4 is 5.73 Å². The minimum Gasteiger partial charge on any atom is -0.383 e. The number of allylic oxidation sites excluding steroid dienone is 1. The van der Waals surface area contributed by atoms with Crippen LogP contribution in [0.25, 0.3) is 11.3 Å². The highest BCUT2D eigenvalue weighted by Gasteiger charge is 2.15. The van der Waals surface area contributed by atoms with Gasteiger partial charge in [-0.05, 0) is 28.4 Å². The van der Waals surface area contributed by atoms with Crippen molar-refractivity contribution >= 4 is 21.7 Å². The zero-order valence-electron chi connectivity index (χ0n) is 10.9. The number of halogens is 1. The van der Waals surface area contributed by atoms with E-state index in [1.807, 2.05) is 16.7 Å². The summed E-state index contributed by atoms with van der Waals surface area (Å²) in [5.74, 6) is 1.66. The largest absolute Gasteiger partial charge is 0.383 e. The van der Waals surface area contributed by atoms with Gasteiger partial charge >= 0.3 is 0 Å². The molecule has 19 heavy (non-hydrogen) atoms. The Kier molecular flexibility index (Phi) is 4.37. The molecule has 5 heteroatoms. The summed E-state index contributed by atoms with van der Waals surface area (Å²) in [7, 11) is 0. The molecule has 0 aliphatic heterocycles. The maximum atomic E-state index is 6.21. The first-order chi connectivity index (χ1) is 9.17. The van der Waals surface area contributed by atoms with E-state index in [-0.39, 0.29) is 0 Å². The number of rotatable bonds is 5. The Bertz CT molecular complexity index is 589. The minimum absolute atomic E-state index is 0.670. The van der Waals surface area contributed by atoms with Gasteiger partial charge in [0, 0.05) is 35.4 Å². The van der Waals surface area contributed by atoms with Crippen molar-refractivity contribution in [3.05, 3.63) is 41.4 Å². The van der Waals surface area contributed by atoms with Crippen molar-refractivity contribution in [2.24, 2.45) is 0 Å². The van der Waals surface area contributed by atoms with Gasteiger partial charge in [-0.25, -0.2) is 4.98 Å². The van der Waals surface area contributed by atoms with Crippen molar-refractivity contribution in [3.63, 3.8) is 0 Å². The Morgan fingerprint density at radius 3 is 2.89 bits per heavy atom. The van der Waals surface area contributed by atoms with E-state index < -0.39 is 0 Å². The highest BCUT2D eigenvalue weighted by molar-refractivity contribution is 9.10. The van der Waals surface area contributed by atoms with Crippen LogP contribution in [0.15, 0.2) is 35.6 Å². The van der Waals surface area contributed by atoms with Gasteiger partial charge in [0.05, 0.1) is 0 Å². The molecule has 2 rings (SSSR count). The van der Waals surface area contributed by atoms with Crippen LogP contribution in [0.3, 0.4) is 0 Å². The van der Waals surface area contributed by atoms with Crippen LogP contribution in [0.1, 0.15) is 19.2 Å². The SMILES string of the molecule is C=CCn1c(CCC)nc(-c2cncc(Br)c2)c1N. The van der Waals surface area contributed by atoms with Crippen molar-refractivity contribution in [2.75, 3.05) is 5.73 Å². The van der Waals surface area contributed by atoms with Gasteiger partial charge in [0.2, 0.25) is 0 Å².